The minimum atomic E-state index is 0. The summed E-state index contributed by atoms with van der Waals surface area (Å²) in [4.78, 5) is 23.1. The van der Waals surface area contributed by atoms with Crippen LogP contribution in [0.15, 0.2) is 6.20 Å². The van der Waals surface area contributed by atoms with Crippen LogP contribution in [0.25, 0.3) is 0 Å². The van der Waals surface area contributed by atoms with Crippen LogP contribution < -0.4 is 5.32 Å². The zero-order valence-corrected chi connectivity index (χ0v) is 19.3. The number of carbonyl (C=O) groups is 1. The molecule has 1 aromatic heterocycles. The van der Waals surface area contributed by atoms with Crippen molar-refractivity contribution >= 4 is 30.7 Å². The van der Waals surface area contributed by atoms with Gasteiger partial charge < -0.3 is 14.8 Å². The fourth-order valence-electron chi connectivity index (χ4n) is 6.64. The van der Waals surface area contributed by atoms with Gasteiger partial charge in [-0.1, -0.05) is 6.42 Å². The maximum atomic E-state index is 13.3. The van der Waals surface area contributed by atoms with Crippen LogP contribution in [-0.4, -0.2) is 70.1 Å². The molecule has 8 heteroatoms. The fraction of sp³-hybridized carbons (Fsp3) is 0.818. The smallest absolute Gasteiger partial charge is 0.274 e. The number of carbonyl (C=O) groups excluding carboxylic acids is 1. The molecule has 0 radical (unpaired) electrons. The number of nitrogens with one attached hydrogen (secondary N) is 1. The number of likely N-dealkylation sites (tertiary alicyclic amines) is 1. The van der Waals surface area contributed by atoms with E-state index in [1.165, 1.54) is 45.1 Å². The fourth-order valence-corrected chi connectivity index (χ4v) is 6.64. The molecule has 6 rings (SSSR count). The molecule has 1 aromatic rings. The molecule has 1 N–H and O–H groups in total. The van der Waals surface area contributed by atoms with Crippen molar-refractivity contribution in [2.45, 2.75) is 63.6 Å². The standard InChI is InChI=1S/C22H33N5O.2ClH/c28-22(18-14-25-9-8-23-7-6-21(25)24-18)26-11-15-10-17(13-26)20-3-1-2-19(16-4-5-16)27(20)12-15;;/h14-17,19-20,23H,1-13H2;2*1H/t15-,17+,19+,20-;;/m0../s1. The third-order valence-electron chi connectivity index (χ3n) is 8.02. The summed E-state index contributed by atoms with van der Waals surface area (Å²) >= 11 is 0. The number of hydrogen-bond donors (Lipinski definition) is 1. The van der Waals surface area contributed by atoms with Crippen LogP contribution >= 0.6 is 24.8 Å². The lowest BCUT2D eigenvalue weighted by Gasteiger charge is -2.55. The molecular weight excluding hydrogens is 421 g/mol. The summed E-state index contributed by atoms with van der Waals surface area (Å²) in [6.45, 7) is 5.93. The molecule has 3 saturated heterocycles. The van der Waals surface area contributed by atoms with Gasteiger partial charge in [-0.3, -0.25) is 9.69 Å². The van der Waals surface area contributed by atoms with Crippen molar-refractivity contribution < 1.29 is 4.79 Å². The average molecular weight is 456 g/mol. The van der Waals surface area contributed by atoms with E-state index < -0.39 is 0 Å². The second-order valence-electron chi connectivity index (χ2n) is 9.91. The Balaban J connectivity index is 0.00000109. The Morgan fingerprint density at radius 3 is 2.60 bits per heavy atom. The van der Waals surface area contributed by atoms with Crippen LogP contribution in [0.2, 0.25) is 0 Å². The molecule has 168 valence electrons. The van der Waals surface area contributed by atoms with Crippen LogP contribution in [0, 0.1) is 17.8 Å². The van der Waals surface area contributed by atoms with Gasteiger partial charge in [0.15, 0.2) is 0 Å². The first-order valence-corrected chi connectivity index (χ1v) is 11.6. The van der Waals surface area contributed by atoms with Crippen LogP contribution in [-0.2, 0) is 13.0 Å². The Bertz CT molecular complexity index is 743. The summed E-state index contributed by atoms with van der Waals surface area (Å²) in [6.07, 6.45) is 11.3. The van der Waals surface area contributed by atoms with Gasteiger partial charge in [0.25, 0.3) is 5.91 Å². The largest absolute Gasteiger partial charge is 0.337 e. The van der Waals surface area contributed by atoms with Crippen molar-refractivity contribution in [3.05, 3.63) is 17.7 Å². The van der Waals surface area contributed by atoms with Gasteiger partial charge >= 0.3 is 0 Å². The van der Waals surface area contributed by atoms with E-state index in [2.05, 4.69) is 19.7 Å². The highest BCUT2D eigenvalue weighted by Crippen LogP contribution is 2.46. The maximum Gasteiger partial charge on any atom is 0.274 e. The molecule has 0 aromatic carbocycles. The van der Waals surface area contributed by atoms with Gasteiger partial charge in [-0.05, 0) is 49.9 Å². The van der Waals surface area contributed by atoms with Crippen LogP contribution in [0.1, 0.15) is 54.8 Å². The maximum absolute atomic E-state index is 13.3. The zero-order valence-electron chi connectivity index (χ0n) is 17.7. The molecule has 1 amide bonds. The van der Waals surface area contributed by atoms with Gasteiger partial charge in [0.2, 0.25) is 0 Å². The van der Waals surface area contributed by atoms with E-state index in [1.54, 1.807) is 0 Å². The SMILES string of the molecule is Cl.Cl.O=C(c1cn2c(n1)CCNCC2)N1C[C@@H]2C[C@H](C1)[C@@H]1CCC[C@H](C3CC3)N1C2. The molecule has 0 spiro atoms. The number of imidazole rings is 1. The second-order valence-corrected chi connectivity index (χ2v) is 9.91. The van der Waals surface area contributed by atoms with E-state index in [-0.39, 0.29) is 30.7 Å². The van der Waals surface area contributed by atoms with Gasteiger partial charge in [-0.2, -0.15) is 0 Å². The number of nitrogens with zero attached hydrogens (tertiary/aromatic N) is 4. The lowest BCUT2D eigenvalue weighted by atomic mass is 9.74. The van der Waals surface area contributed by atoms with Crippen molar-refractivity contribution in [2.75, 3.05) is 32.7 Å². The van der Waals surface area contributed by atoms with Crippen molar-refractivity contribution in [2.24, 2.45) is 17.8 Å². The molecule has 5 heterocycles. The first kappa shape index (κ1) is 22.4. The third-order valence-corrected chi connectivity index (χ3v) is 8.02. The van der Waals surface area contributed by atoms with Crippen molar-refractivity contribution in [1.29, 1.82) is 0 Å². The summed E-state index contributed by atoms with van der Waals surface area (Å²) in [5.41, 5.74) is 0.674. The average Bonchev–Trinajstić information content (AvgIpc) is 3.51. The quantitative estimate of drug-likeness (QED) is 0.744. The minimum Gasteiger partial charge on any atom is -0.337 e. The van der Waals surface area contributed by atoms with E-state index >= 15 is 0 Å². The summed E-state index contributed by atoms with van der Waals surface area (Å²) in [7, 11) is 0. The van der Waals surface area contributed by atoms with Crippen LogP contribution in [0.3, 0.4) is 0 Å². The van der Waals surface area contributed by atoms with Gasteiger partial charge in [-0.25, -0.2) is 4.98 Å². The van der Waals surface area contributed by atoms with E-state index in [4.69, 9.17) is 4.98 Å². The van der Waals surface area contributed by atoms with Crippen LogP contribution in [0.5, 0.6) is 0 Å². The minimum absolute atomic E-state index is 0. The number of halogens is 2. The number of piperidine rings is 3. The van der Waals surface area contributed by atoms with Gasteiger partial charge in [0.05, 0.1) is 0 Å². The first-order valence-electron chi connectivity index (χ1n) is 11.6. The highest BCUT2D eigenvalue weighted by Gasteiger charge is 2.48. The Morgan fingerprint density at radius 1 is 1.00 bits per heavy atom. The molecule has 30 heavy (non-hydrogen) atoms. The first-order chi connectivity index (χ1) is 13.8. The van der Waals surface area contributed by atoms with E-state index in [0.29, 0.717) is 17.5 Å². The number of amides is 1. The van der Waals surface area contributed by atoms with Gasteiger partial charge in [-0.15, -0.1) is 24.8 Å². The lowest BCUT2D eigenvalue weighted by molar-refractivity contribution is -0.0551. The highest BCUT2D eigenvalue weighted by molar-refractivity contribution is 5.92. The molecule has 2 bridgehead atoms. The Hall–Kier alpha value is -0.820. The van der Waals surface area contributed by atoms with Crippen LogP contribution in [0.4, 0.5) is 0 Å². The van der Waals surface area contributed by atoms with Crippen molar-refractivity contribution in [3.8, 4) is 0 Å². The number of hydrogen-bond acceptors (Lipinski definition) is 4. The Labute approximate surface area is 192 Å². The highest BCUT2D eigenvalue weighted by atomic mass is 35.5. The normalized spacial score (nSPS) is 33.4. The van der Waals surface area contributed by atoms with Crippen molar-refractivity contribution in [1.82, 2.24) is 24.7 Å². The monoisotopic (exact) mass is 455 g/mol. The Morgan fingerprint density at radius 2 is 1.80 bits per heavy atom. The second kappa shape index (κ2) is 8.97. The van der Waals surface area contributed by atoms with Gasteiger partial charge in [0.1, 0.15) is 11.5 Å². The molecule has 4 atom stereocenters. The summed E-state index contributed by atoms with van der Waals surface area (Å²) in [6, 6.07) is 1.57. The molecule has 1 aliphatic carbocycles. The van der Waals surface area contributed by atoms with Gasteiger partial charge in [0, 0.05) is 64.0 Å². The van der Waals surface area contributed by atoms with E-state index in [0.717, 1.165) is 63.0 Å². The molecule has 0 unspecified atom stereocenters. The predicted octanol–water partition coefficient (Wildman–Crippen LogP) is 2.60. The van der Waals surface area contributed by atoms with Crippen molar-refractivity contribution in [3.63, 3.8) is 0 Å². The number of fused-ring (bicyclic) bond motifs is 5. The molecule has 1 saturated carbocycles. The molecule has 4 fully saturated rings. The predicted molar refractivity (Wildman–Crippen MR) is 122 cm³/mol. The summed E-state index contributed by atoms with van der Waals surface area (Å²) < 4.78 is 2.18. The molecule has 6 nitrogen and oxygen atoms in total. The Kier molecular flexibility index (Phi) is 6.69. The number of rotatable bonds is 2. The third kappa shape index (κ3) is 4.01. The number of aromatic nitrogens is 2. The topological polar surface area (TPSA) is 53.4 Å². The molecule has 5 aliphatic rings. The zero-order chi connectivity index (χ0) is 18.7. The van der Waals surface area contributed by atoms with E-state index in [1.807, 2.05) is 6.20 Å². The molecular formula is C22H35Cl2N5O. The lowest BCUT2D eigenvalue weighted by Crippen LogP contribution is -2.62. The summed E-state index contributed by atoms with van der Waals surface area (Å²) in [5.74, 6) is 3.54. The van der Waals surface area contributed by atoms with E-state index in [9.17, 15) is 4.79 Å². The summed E-state index contributed by atoms with van der Waals surface area (Å²) in [5, 5.41) is 3.40. The molecule has 4 aliphatic heterocycles.